The lowest BCUT2D eigenvalue weighted by Crippen LogP contribution is -2.36. The number of ether oxygens (including phenoxy) is 1. The van der Waals surface area contributed by atoms with E-state index < -0.39 is 29.2 Å². The summed E-state index contributed by atoms with van der Waals surface area (Å²) >= 11 is 0. The number of anilines is 1. The van der Waals surface area contributed by atoms with Gasteiger partial charge >= 0.3 is 0 Å². The fraction of sp³-hybridized carbons (Fsp3) is 0.545. The first kappa shape index (κ1) is 14.7. The molecule has 1 aromatic heterocycles. The highest BCUT2D eigenvalue weighted by Gasteiger charge is 2.26. The summed E-state index contributed by atoms with van der Waals surface area (Å²) in [5.41, 5.74) is -0.757. The molecule has 0 amide bonds. The first-order chi connectivity index (χ1) is 8.40. The Bertz CT molecular complexity index is 400. The highest BCUT2D eigenvalue weighted by Crippen LogP contribution is 2.27. The molecule has 7 heteroatoms. The van der Waals surface area contributed by atoms with Crippen LogP contribution >= 0.6 is 0 Å². The minimum absolute atomic E-state index is 0.102. The van der Waals surface area contributed by atoms with Crippen LogP contribution in [-0.2, 0) is 4.74 Å². The lowest BCUT2D eigenvalue weighted by Gasteiger charge is -2.29. The topological polar surface area (TPSA) is 25.4 Å². The summed E-state index contributed by atoms with van der Waals surface area (Å²) in [6, 6.07) is -0.356. The van der Waals surface area contributed by atoms with Crippen molar-refractivity contribution in [3.05, 3.63) is 23.5 Å². The van der Waals surface area contributed by atoms with E-state index in [9.17, 15) is 17.6 Å². The van der Waals surface area contributed by atoms with Crippen LogP contribution in [0.15, 0.2) is 0 Å². The molecule has 0 radical (unpaired) electrons. The fourth-order valence-electron chi connectivity index (χ4n) is 1.55. The molecule has 0 aliphatic heterocycles. The Hall–Kier alpha value is -1.37. The van der Waals surface area contributed by atoms with E-state index in [-0.39, 0.29) is 19.2 Å². The van der Waals surface area contributed by atoms with Gasteiger partial charge < -0.3 is 9.64 Å². The Labute approximate surface area is 102 Å². The third-order valence-corrected chi connectivity index (χ3v) is 2.42. The quantitative estimate of drug-likeness (QED) is 0.605. The molecule has 0 spiro atoms. The molecule has 0 aliphatic rings. The summed E-state index contributed by atoms with van der Waals surface area (Å²) in [6.45, 7) is 3.56. The van der Waals surface area contributed by atoms with E-state index in [1.165, 1.54) is 12.0 Å². The fourth-order valence-corrected chi connectivity index (χ4v) is 1.55. The van der Waals surface area contributed by atoms with Gasteiger partial charge in [-0.05, 0) is 13.8 Å². The van der Waals surface area contributed by atoms with Crippen molar-refractivity contribution in [1.29, 1.82) is 0 Å². The van der Waals surface area contributed by atoms with Crippen LogP contribution in [0.4, 0.5) is 23.2 Å². The second-order valence-corrected chi connectivity index (χ2v) is 3.95. The zero-order valence-corrected chi connectivity index (χ0v) is 10.3. The third kappa shape index (κ3) is 2.90. The maximum absolute atomic E-state index is 13.6. The van der Waals surface area contributed by atoms with Crippen LogP contribution in [0.1, 0.15) is 13.8 Å². The number of rotatable bonds is 5. The number of methoxy groups -OCH3 is 1. The van der Waals surface area contributed by atoms with Crippen molar-refractivity contribution in [3.63, 3.8) is 0 Å². The van der Waals surface area contributed by atoms with Crippen molar-refractivity contribution in [2.45, 2.75) is 19.9 Å². The molecule has 18 heavy (non-hydrogen) atoms. The van der Waals surface area contributed by atoms with Gasteiger partial charge in [-0.25, -0.2) is 0 Å². The van der Waals surface area contributed by atoms with Gasteiger partial charge in [0.2, 0.25) is 11.6 Å². The van der Waals surface area contributed by atoms with Gasteiger partial charge in [-0.1, -0.05) is 0 Å². The van der Waals surface area contributed by atoms with Gasteiger partial charge in [0.1, 0.15) is 5.69 Å². The molecular weight excluding hydrogens is 252 g/mol. The summed E-state index contributed by atoms with van der Waals surface area (Å²) in [7, 11) is 1.42. The molecule has 1 aromatic rings. The van der Waals surface area contributed by atoms with Crippen LogP contribution in [-0.4, -0.2) is 31.3 Å². The highest BCUT2D eigenvalue weighted by atomic mass is 19.2. The molecule has 102 valence electrons. The van der Waals surface area contributed by atoms with E-state index in [2.05, 4.69) is 4.98 Å². The summed E-state index contributed by atoms with van der Waals surface area (Å²) in [5.74, 6) is -6.32. The minimum Gasteiger partial charge on any atom is -0.383 e. The van der Waals surface area contributed by atoms with Gasteiger partial charge in [-0.3, -0.25) is 0 Å². The van der Waals surface area contributed by atoms with Gasteiger partial charge in [-0.2, -0.15) is 22.5 Å². The molecule has 0 atom stereocenters. The smallest absolute Gasteiger partial charge is 0.253 e. The van der Waals surface area contributed by atoms with Crippen LogP contribution in [0.5, 0.6) is 0 Å². The summed E-state index contributed by atoms with van der Waals surface area (Å²) in [5, 5.41) is 0. The van der Waals surface area contributed by atoms with E-state index in [0.717, 1.165) is 0 Å². The first-order valence-electron chi connectivity index (χ1n) is 5.35. The van der Waals surface area contributed by atoms with Crippen molar-refractivity contribution in [1.82, 2.24) is 4.98 Å². The Balaban J connectivity index is 3.26. The Morgan fingerprint density at radius 2 is 1.61 bits per heavy atom. The van der Waals surface area contributed by atoms with Crippen molar-refractivity contribution in [2.24, 2.45) is 0 Å². The molecule has 0 saturated heterocycles. The van der Waals surface area contributed by atoms with E-state index in [4.69, 9.17) is 4.74 Å². The SMILES string of the molecule is COCCN(c1c(F)c(F)nc(F)c1F)C(C)C. The molecule has 0 saturated carbocycles. The summed E-state index contributed by atoms with van der Waals surface area (Å²) in [6.07, 6.45) is 0. The van der Waals surface area contributed by atoms with Crippen LogP contribution in [0, 0.1) is 23.5 Å². The average molecular weight is 266 g/mol. The van der Waals surface area contributed by atoms with Crippen LogP contribution in [0.3, 0.4) is 0 Å². The highest BCUT2D eigenvalue weighted by molar-refractivity contribution is 5.49. The third-order valence-electron chi connectivity index (χ3n) is 2.42. The normalized spacial score (nSPS) is 11.1. The van der Waals surface area contributed by atoms with Gasteiger partial charge in [0.25, 0.3) is 11.9 Å². The number of aromatic nitrogens is 1. The predicted octanol–water partition coefficient (Wildman–Crippen LogP) is 2.50. The van der Waals surface area contributed by atoms with E-state index in [1.807, 2.05) is 0 Å². The zero-order valence-electron chi connectivity index (χ0n) is 10.3. The predicted molar refractivity (Wildman–Crippen MR) is 58.4 cm³/mol. The molecule has 0 N–H and O–H groups in total. The molecule has 1 heterocycles. The Morgan fingerprint density at radius 3 is 2.00 bits per heavy atom. The monoisotopic (exact) mass is 266 g/mol. The molecule has 0 aromatic carbocycles. The maximum Gasteiger partial charge on any atom is 0.253 e. The van der Waals surface area contributed by atoms with Crippen molar-refractivity contribution < 1.29 is 22.3 Å². The van der Waals surface area contributed by atoms with Crippen molar-refractivity contribution in [2.75, 3.05) is 25.2 Å². The van der Waals surface area contributed by atoms with Crippen LogP contribution < -0.4 is 4.90 Å². The number of pyridine rings is 1. The minimum atomic E-state index is -1.66. The lowest BCUT2D eigenvalue weighted by molar-refractivity contribution is 0.203. The molecule has 3 nitrogen and oxygen atoms in total. The van der Waals surface area contributed by atoms with Crippen molar-refractivity contribution in [3.8, 4) is 0 Å². The Kier molecular flexibility index (Phi) is 4.89. The number of nitrogens with zero attached hydrogens (tertiary/aromatic N) is 2. The lowest BCUT2D eigenvalue weighted by atomic mass is 10.2. The number of hydrogen-bond donors (Lipinski definition) is 0. The zero-order chi connectivity index (χ0) is 13.9. The largest absolute Gasteiger partial charge is 0.383 e. The van der Waals surface area contributed by atoms with Crippen LogP contribution in [0.2, 0.25) is 0 Å². The van der Waals surface area contributed by atoms with Gasteiger partial charge in [0.05, 0.1) is 6.61 Å². The average Bonchev–Trinajstić information content (AvgIpc) is 2.30. The van der Waals surface area contributed by atoms with E-state index >= 15 is 0 Å². The van der Waals surface area contributed by atoms with Crippen LogP contribution in [0.25, 0.3) is 0 Å². The molecule has 1 rings (SSSR count). The molecule has 0 aliphatic carbocycles. The van der Waals surface area contributed by atoms with Gasteiger partial charge in [0.15, 0.2) is 0 Å². The number of halogens is 4. The van der Waals surface area contributed by atoms with Crippen molar-refractivity contribution >= 4 is 5.69 Å². The van der Waals surface area contributed by atoms with Gasteiger partial charge in [-0.15, -0.1) is 0 Å². The van der Waals surface area contributed by atoms with E-state index in [0.29, 0.717) is 0 Å². The molecular formula is C11H14F4N2O. The molecule has 0 fully saturated rings. The second kappa shape index (κ2) is 5.99. The van der Waals surface area contributed by atoms with E-state index in [1.54, 1.807) is 13.8 Å². The first-order valence-corrected chi connectivity index (χ1v) is 5.35. The molecule has 0 bridgehead atoms. The summed E-state index contributed by atoms with van der Waals surface area (Å²) < 4.78 is 57.9. The molecule has 0 unspecified atom stereocenters. The Morgan fingerprint density at radius 1 is 1.11 bits per heavy atom. The standard InChI is InChI=1S/C11H14F4N2O/c1-6(2)17(4-5-18-3)9-7(12)10(14)16-11(15)8(9)13/h6H,4-5H2,1-3H3. The maximum atomic E-state index is 13.6. The number of hydrogen-bond acceptors (Lipinski definition) is 3. The van der Waals surface area contributed by atoms with Gasteiger partial charge in [0, 0.05) is 19.7 Å². The second-order valence-electron chi connectivity index (χ2n) is 3.95. The summed E-state index contributed by atoms with van der Waals surface area (Å²) in [4.78, 5) is 3.70.